The van der Waals surface area contributed by atoms with Gasteiger partial charge in [-0.1, -0.05) is 103 Å². The van der Waals surface area contributed by atoms with Crippen molar-refractivity contribution in [2.24, 2.45) is 0 Å². The Balaban J connectivity index is 1.69. The molecule has 7 aromatic rings. The molecule has 0 heteroatoms. The van der Waals surface area contributed by atoms with E-state index < -0.39 is 0 Å². The van der Waals surface area contributed by atoms with Crippen LogP contribution >= 0.6 is 0 Å². The minimum Gasteiger partial charge on any atom is -0.0616 e. The molecule has 0 spiro atoms. The summed E-state index contributed by atoms with van der Waals surface area (Å²) in [7, 11) is 0. The van der Waals surface area contributed by atoms with Crippen molar-refractivity contribution < 1.29 is 0 Å². The van der Waals surface area contributed by atoms with Crippen LogP contribution in [0.2, 0.25) is 0 Å². The van der Waals surface area contributed by atoms with Crippen molar-refractivity contribution in [3.63, 3.8) is 0 Å². The van der Waals surface area contributed by atoms with Gasteiger partial charge < -0.3 is 0 Å². The van der Waals surface area contributed by atoms with Crippen molar-refractivity contribution in [1.82, 2.24) is 0 Å². The number of hydrogen-bond donors (Lipinski definition) is 0. The smallest absolute Gasteiger partial charge is 0.00206 e. The highest BCUT2D eigenvalue weighted by atomic mass is 14.2. The molecular weight excluding hydrogens is 360 g/mol. The molecule has 0 aromatic heterocycles. The molecule has 0 nitrogen and oxygen atoms in total. The maximum atomic E-state index is 2.36. The van der Waals surface area contributed by atoms with E-state index in [1.165, 1.54) is 65.0 Å². The summed E-state index contributed by atoms with van der Waals surface area (Å²) in [6.45, 7) is 0. The maximum absolute atomic E-state index is 2.36. The van der Waals surface area contributed by atoms with Gasteiger partial charge in [-0.15, -0.1) is 0 Å². The van der Waals surface area contributed by atoms with Crippen LogP contribution in [-0.4, -0.2) is 0 Å². The molecule has 7 aromatic carbocycles. The van der Waals surface area contributed by atoms with Gasteiger partial charge in [-0.25, -0.2) is 0 Å². The molecule has 0 aliphatic heterocycles. The second-order valence-electron chi connectivity index (χ2n) is 8.16. The van der Waals surface area contributed by atoms with Crippen molar-refractivity contribution in [3.05, 3.63) is 109 Å². The van der Waals surface area contributed by atoms with Gasteiger partial charge in [0.15, 0.2) is 0 Å². The first-order chi connectivity index (χ1) is 14.9. The molecule has 0 saturated carbocycles. The van der Waals surface area contributed by atoms with Crippen LogP contribution in [0.5, 0.6) is 0 Å². The van der Waals surface area contributed by atoms with Crippen molar-refractivity contribution in [1.29, 1.82) is 0 Å². The Kier molecular flexibility index (Phi) is 3.09. The summed E-state index contributed by atoms with van der Waals surface area (Å²) >= 11 is 0. The normalized spacial score (nSPS) is 12.0. The topological polar surface area (TPSA) is 0 Å². The lowest BCUT2D eigenvalue weighted by molar-refractivity contribution is 1.72. The third-order valence-corrected chi connectivity index (χ3v) is 6.59. The van der Waals surface area contributed by atoms with E-state index in [-0.39, 0.29) is 0 Å². The zero-order chi connectivity index (χ0) is 19.7. The zero-order valence-electron chi connectivity index (χ0n) is 16.4. The highest BCUT2D eigenvalue weighted by molar-refractivity contribution is 6.27. The summed E-state index contributed by atoms with van der Waals surface area (Å²) in [6, 6.07) is 40.1. The summed E-state index contributed by atoms with van der Waals surface area (Å²) < 4.78 is 0. The quantitative estimate of drug-likeness (QED) is 0.251. The minimum atomic E-state index is 1.29. The van der Waals surface area contributed by atoms with Gasteiger partial charge in [-0.3, -0.25) is 0 Å². The van der Waals surface area contributed by atoms with Crippen LogP contribution in [0.15, 0.2) is 109 Å². The third kappa shape index (κ3) is 2.06. The fourth-order valence-electron chi connectivity index (χ4n) is 5.25. The lowest BCUT2D eigenvalue weighted by atomic mass is 9.87. The van der Waals surface area contributed by atoms with Gasteiger partial charge in [0.05, 0.1) is 0 Å². The van der Waals surface area contributed by atoms with Crippen molar-refractivity contribution in [2.45, 2.75) is 0 Å². The van der Waals surface area contributed by atoms with Crippen molar-refractivity contribution >= 4 is 53.9 Å². The summed E-state index contributed by atoms with van der Waals surface area (Å²) in [5.74, 6) is 0. The average molecular weight is 378 g/mol. The fraction of sp³-hybridized carbons (Fsp3) is 0. The Hall–Kier alpha value is -3.90. The van der Waals surface area contributed by atoms with E-state index in [2.05, 4.69) is 109 Å². The van der Waals surface area contributed by atoms with Gasteiger partial charge >= 0.3 is 0 Å². The molecule has 0 saturated heterocycles. The van der Waals surface area contributed by atoms with E-state index in [9.17, 15) is 0 Å². The van der Waals surface area contributed by atoms with Crippen LogP contribution in [0.4, 0.5) is 0 Å². The van der Waals surface area contributed by atoms with Gasteiger partial charge in [0, 0.05) is 0 Å². The summed E-state index contributed by atoms with van der Waals surface area (Å²) in [4.78, 5) is 0. The molecule has 30 heavy (non-hydrogen) atoms. The highest BCUT2D eigenvalue weighted by Crippen LogP contribution is 2.42. The largest absolute Gasteiger partial charge is 0.0616 e. The Morgan fingerprint density at radius 1 is 0.300 bits per heavy atom. The molecule has 138 valence electrons. The van der Waals surface area contributed by atoms with E-state index in [4.69, 9.17) is 0 Å². The summed E-state index contributed by atoms with van der Waals surface area (Å²) in [5, 5.41) is 13.2. The molecule has 0 heterocycles. The van der Waals surface area contributed by atoms with E-state index in [0.29, 0.717) is 0 Å². The van der Waals surface area contributed by atoms with Crippen molar-refractivity contribution in [2.75, 3.05) is 0 Å². The number of fused-ring (bicyclic) bond motifs is 3. The van der Waals surface area contributed by atoms with Crippen LogP contribution in [0.25, 0.3) is 65.0 Å². The van der Waals surface area contributed by atoms with Gasteiger partial charge in [-0.2, -0.15) is 0 Å². The standard InChI is InChI=1S/C30H18/c1-2-9-23-22(6-1)18-28(25-11-4-3-10-24(23)25)26-16-14-21-13-12-19-7-5-8-20-15-17-27(26)30(21)29(19)20/h1-18H. The van der Waals surface area contributed by atoms with Crippen LogP contribution in [-0.2, 0) is 0 Å². The molecule has 0 N–H and O–H groups in total. The lowest BCUT2D eigenvalue weighted by Crippen LogP contribution is -1.89. The predicted molar refractivity (Wildman–Crippen MR) is 131 cm³/mol. The number of hydrogen-bond acceptors (Lipinski definition) is 0. The van der Waals surface area contributed by atoms with Crippen LogP contribution in [0.1, 0.15) is 0 Å². The van der Waals surface area contributed by atoms with E-state index in [1.807, 2.05) is 0 Å². The van der Waals surface area contributed by atoms with Gasteiger partial charge in [-0.05, 0) is 71.1 Å². The first-order valence-electron chi connectivity index (χ1n) is 10.5. The molecule has 0 atom stereocenters. The average Bonchev–Trinajstić information content (AvgIpc) is 2.82. The zero-order valence-corrected chi connectivity index (χ0v) is 16.4. The van der Waals surface area contributed by atoms with Gasteiger partial charge in [0.1, 0.15) is 0 Å². The fourth-order valence-corrected chi connectivity index (χ4v) is 5.25. The second kappa shape index (κ2) is 5.81. The first-order valence-corrected chi connectivity index (χ1v) is 10.5. The number of benzene rings is 7. The molecule has 0 bridgehead atoms. The first kappa shape index (κ1) is 16.0. The molecule has 0 aliphatic rings. The van der Waals surface area contributed by atoms with Crippen LogP contribution in [0.3, 0.4) is 0 Å². The SMILES string of the molecule is c1ccc2c(c1)cc(-c1ccc3ccc4cccc5ccc1c3c45)c1ccccc12. The predicted octanol–water partition coefficient (Wildman–Crippen LogP) is 8.56. The Morgan fingerprint density at radius 2 is 0.900 bits per heavy atom. The molecule has 0 amide bonds. The monoisotopic (exact) mass is 378 g/mol. The molecule has 0 aliphatic carbocycles. The highest BCUT2D eigenvalue weighted by Gasteiger charge is 2.14. The van der Waals surface area contributed by atoms with Crippen molar-refractivity contribution in [3.8, 4) is 11.1 Å². The molecule has 7 rings (SSSR count). The lowest BCUT2D eigenvalue weighted by Gasteiger charge is -2.16. The molecular formula is C30H18. The number of rotatable bonds is 1. The maximum Gasteiger partial charge on any atom is -0.00206 e. The van der Waals surface area contributed by atoms with Gasteiger partial charge in [0.2, 0.25) is 0 Å². The van der Waals surface area contributed by atoms with Crippen LogP contribution in [0, 0.1) is 0 Å². The van der Waals surface area contributed by atoms with Gasteiger partial charge in [0.25, 0.3) is 0 Å². The summed E-state index contributed by atoms with van der Waals surface area (Å²) in [5.41, 5.74) is 2.62. The van der Waals surface area contributed by atoms with E-state index in [1.54, 1.807) is 0 Å². The Morgan fingerprint density at radius 3 is 1.73 bits per heavy atom. The van der Waals surface area contributed by atoms with Crippen LogP contribution < -0.4 is 0 Å². The second-order valence-corrected chi connectivity index (χ2v) is 8.16. The van der Waals surface area contributed by atoms with E-state index >= 15 is 0 Å². The third-order valence-electron chi connectivity index (χ3n) is 6.59. The van der Waals surface area contributed by atoms with E-state index in [0.717, 1.165) is 0 Å². The molecule has 0 unspecified atom stereocenters. The Bertz CT molecular complexity index is 1720. The summed E-state index contributed by atoms with van der Waals surface area (Å²) in [6.07, 6.45) is 0. The minimum absolute atomic E-state index is 1.29. The Labute approximate surface area is 174 Å². The molecule has 0 fully saturated rings. The molecule has 0 radical (unpaired) electrons.